The molecule has 0 aromatic heterocycles. The van der Waals surface area contributed by atoms with Crippen LogP contribution < -0.4 is 5.43 Å². The van der Waals surface area contributed by atoms with E-state index in [0.717, 1.165) is 21.9 Å². The number of para-hydroxylation sites is 1. The maximum Gasteiger partial charge on any atom is 0.244 e. The molecular weight excluding hydrogens is 300 g/mol. The van der Waals surface area contributed by atoms with Crippen LogP contribution in [-0.2, 0) is 11.2 Å². The Bertz CT molecular complexity index is 911. The number of phenolic OH excluding ortho intramolecular Hbond substituents is 1. The second kappa shape index (κ2) is 6.96. The fourth-order valence-corrected chi connectivity index (χ4v) is 2.62. The summed E-state index contributed by atoms with van der Waals surface area (Å²) >= 11 is 0. The van der Waals surface area contributed by atoms with Gasteiger partial charge in [0.25, 0.3) is 0 Å². The number of hydrogen-bond donors (Lipinski definition) is 2. The first-order valence-electron chi connectivity index (χ1n) is 7.72. The Labute approximate surface area is 140 Å². The van der Waals surface area contributed by atoms with Gasteiger partial charge in [0.1, 0.15) is 5.75 Å². The molecule has 120 valence electrons. The molecule has 0 aliphatic carbocycles. The van der Waals surface area contributed by atoms with Crippen LogP contribution in [0.5, 0.6) is 5.75 Å². The summed E-state index contributed by atoms with van der Waals surface area (Å²) in [5.74, 6) is -0.0284. The standard InChI is InChI=1S/C20H18N2O2/c1-14-6-4-10-17(20(14)24)13-21-22-19(23)12-16-9-5-8-15-7-2-3-11-18(15)16/h2-11,13,24H,12H2,1H3,(H,22,23)/b21-13+. The van der Waals surface area contributed by atoms with Gasteiger partial charge in [-0.15, -0.1) is 0 Å². The van der Waals surface area contributed by atoms with Crippen molar-refractivity contribution in [3.8, 4) is 5.75 Å². The molecule has 0 aliphatic heterocycles. The number of carbonyl (C=O) groups excluding carboxylic acids is 1. The van der Waals surface area contributed by atoms with E-state index in [1.165, 1.54) is 6.21 Å². The fourth-order valence-electron chi connectivity index (χ4n) is 2.62. The summed E-state index contributed by atoms with van der Waals surface area (Å²) in [5.41, 5.74) is 4.80. The van der Waals surface area contributed by atoms with E-state index in [1.54, 1.807) is 6.07 Å². The highest BCUT2D eigenvalue weighted by Crippen LogP contribution is 2.20. The lowest BCUT2D eigenvalue weighted by Gasteiger charge is -2.06. The Kier molecular flexibility index (Phi) is 4.57. The predicted molar refractivity (Wildman–Crippen MR) is 96.2 cm³/mol. The average Bonchev–Trinajstić information content (AvgIpc) is 2.59. The van der Waals surface area contributed by atoms with Gasteiger partial charge in [0, 0.05) is 5.56 Å². The van der Waals surface area contributed by atoms with Crippen LogP contribution in [-0.4, -0.2) is 17.2 Å². The number of benzene rings is 3. The molecule has 1 amide bonds. The molecule has 0 aliphatic rings. The quantitative estimate of drug-likeness (QED) is 0.571. The van der Waals surface area contributed by atoms with Crippen LogP contribution in [0.3, 0.4) is 0 Å². The third kappa shape index (κ3) is 3.43. The van der Waals surface area contributed by atoms with Crippen molar-refractivity contribution in [1.29, 1.82) is 0 Å². The van der Waals surface area contributed by atoms with Gasteiger partial charge in [0.05, 0.1) is 12.6 Å². The minimum atomic E-state index is -0.199. The molecule has 0 fully saturated rings. The monoisotopic (exact) mass is 318 g/mol. The maximum atomic E-state index is 12.1. The van der Waals surface area contributed by atoms with E-state index in [2.05, 4.69) is 10.5 Å². The van der Waals surface area contributed by atoms with Crippen LogP contribution in [0.1, 0.15) is 16.7 Å². The van der Waals surface area contributed by atoms with E-state index in [0.29, 0.717) is 5.56 Å². The highest BCUT2D eigenvalue weighted by molar-refractivity contribution is 5.91. The van der Waals surface area contributed by atoms with Crippen LogP contribution in [0.2, 0.25) is 0 Å². The molecule has 0 saturated heterocycles. The highest BCUT2D eigenvalue weighted by Gasteiger charge is 2.06. The normalized spacial score (nSPS) is 11.0. The first-order chi connectivity index (χ1) is 11.6. The number of carbonyl (C=O) groups is 1. The molecule has 0 saturated carbocycles. The van der Waals surface area contributed by atoms with Gasteiger partial charge in [-0.05, 0) is 34.9 Å². The number of phenols is 1. The Balaban J connectivity index is 1.69. The summed E-state index contributed by atoms with van der Waals surface area (Å²) in [5, 5.41) is 16.0. The number of fused-ring (bicyclic) bond motifs is 1. The van der Waals surface area contributed by atoms with Gasteiger partial charge in [0.2, 0.25) is 5.91 Å². The average molecular weight is 318 g/mol. The van der Waals surface area contributed by atoms with Crippen LogP contribution in [0, 0.1) is 6.92 Å². The molecule has 3 rings (SSSR count). The third-order valence-electron chi connectivity index (χ3n) is 3.89. The lowest BCUT2D eigenvalue weighted by atomic mass is 10.0. The minimum Gasteiger partial charge on any atom is -0.507 e. The molecule has 2 N–H and O–H groups in total. The first-order valence-corrected chi connectivity index (χ1v) is 7.72. The molecule has 3 aromatic rings. The molecule has 4 nitrogen and oxygen atoms in total. The van der Waals surface area contributed by atoms with Crippen molar-refractivity contribution in [3.05, 3.63) is 77.4 Å². The molecule has 0 spiro atoms. The molecule has 4 heteroatoms. The summed E-state index contributed by atoms with van der Waals surface area (Å²) < 4.78 is 0. The van der Waals surface area contributed by atoms with Crippen LogP contribution >= 0.6 is 0 Å². The van der Waals surface area contributed by atoms with Gasteiger partial charge in [-0.25, -0.2) is 5.43 Å². The van der Waals surface area contributed by atoms with Crippen molar-refractivity contribution in [2.75, 3.05) is 0 Å². The van der Waals surface area contributed by atoms with Crippen molar-refractivity contribution in [2.45, 2.75) is 13.3 Å². The second-order valence-electron chi connectivity index (χ2n) is 5.62. The Morgan fingerprint density at radius 3 is 2.71 bits per heavy atom. The smallest absolute Gasteiger partial charge is 0.244 e. The summed E-state index contributed by atoms with van der Waals surface area (Å²) in [6.07, 6.45) is 1.70. The lowest BCUT2D eigenvalue weighted by Crippen LogP contribution is -2.19. The highest BCUT2D eigenvalue weighted by atomic mass is 16.3. The lowest BCUT2D eigenvalue weighted by molar-refractivity contribution is -0.120. The number of nitrogens with one attached hydrogen (secondary N) is 1. The molecule has 0 radical (unpaired) electrons. The van der Waals surface area contributed by atoms with Crippen molar-refractivity contribution >= 4 is 22.9 Å². The minimum absolute atomic E-state index is 0.171. The molecule has 24 heavy (non-hydrogen) atoms. The Morgan fingerprint density at radius 1 is 1.08 bits per heavy atom. The zero-order chi connectivity index (χ0) is 16.9. The second-order valence-corrected chi connectivity index (χ2v) is 5.62. The summed E-state index contributed by atoms with van der Waals surface area (Å²) in [6.45, 7) is 1.81. The van der Waals surface area contributed by atoms with Gasteiger partial charge in [-0.3, -0.25) is 4.79 Å². The van der Waals surface area contributed by atoms with E-state index in [9.17, 15) is 9.90 Å². The van der Waals surface area contributed by atoms with Gasteiger partial charge in [-0.2, -0.15) is 5.10 Å². The maximum absolute atomic E-state index is 12.1. The number of hydrogen-bond acceptors (Lipinski definition) is 3. The number of nitrogens with zero attached hydrogens (tertiary/aromatic N) is 1. The molecule has 0 atom stereocenters. The van der Waals surface area contributed by atoms with Crippen molar-refractivity contribution in [1.82, 2.24) is 5.43 Å². The van der Waals surface area contributed by atoms with Crippen LogP contribution in [0.4, 0.5) is 0 Å². The third-order valence-corrected chi connectivity index (χ3v) is 3.89. The Hall–Kier alpha value is -3.14. The largest absolute Gasteiger partial charge is 0.507 e. The molecule has 0 heterocycles. The van der Waals surface area contributed by atoms with E-state index >= 15 is 0 Å². The zero-order valence-corrected chi connectivity index (χ0v) is 13.4. The molecule has 3 aromatic carbocycles. The predicted octanol–water partition coefficient (Wildman–Crippen LogP) is 3.55. The molecule has 0 bridgehead atoms. The fraction of sp³-hybridized carbons (Fsp3) is 0.100. The number of rotatable bonds is 4. The van der Waals surface area contributed by atoms with Crippen LogP contribution in [0.25, 0.3) is 10.8 Å². The van der Waals surface area contributed by atoms with Crippen molar-refractivity contribution in [3.63, 3.8) is 0 Å². The summed E-state index contributed by atoms with van der Waals surface area (Å²) in [6, 6.07) is 19.3. The number of aryl methyl sites for hydroxylation is 1. The number of aromatic hydroxyl groups is 1. The van der Waals surface area contributed by atoms with Gasteiger partial charge < -0.3 is 5.11 Å². The van der Waals surface area contributed by atoms with Crippen molar-refractivity contribution in [2.24, 2.45) is 5.10 Å². The van der Waals surface area contributed by atoms with E-state index in [-0.39, 0.29) is 18.1 Å². The SMILES string of the molecule is Cc1cccc(/C=N/NC(=O)Cc2cccc3ccccc23)c1O. The molecule has 0 unspecified atom stereocenters. The van der Waals surface area contributed by atoms with Crippen molar-refractivity contribution < 1.29 is 9.90 Å². The van der Waals surface area contributed by atoms with E-state index < -0.39 is 0 Å². The summed E-state index contributed by atoms with van der Waals surface area (Å²) in [7, 11) is 0. The summed E-state index contributed by atoms with van der Waals surface area (Å²) in [4.78, 5) is 12.1. The Morgan fingerprint density at radius 2 is 1.83 bits per heavy atom. The van der Waals surface area contributed by atoms with Crippen LogP contribution in [0.15, 0.2) is 65.8 Å². The number of hydrazone groups is 1. The van der Waals surface area contributed by atoms with Gasteiger partial charge in [0.15, 0.2) is 0 Å². The topological polar surface area (TPSA) is 61.7 Å². The zero-order valence-electron chi connectivity index (χ0n) is 13.4. The van der Waals surface area contributed by atoms with E-state index in [4.69, 9.17) is 0 Å². The first kappa shape index (κ1) is 15.7. The van der Waals surface area contributed by atoms with Gasteiger partial charge >= 0.3 is 0 Å². The molecular formula is C20H18N2O2. The van der Waals surface area contributed by atoms with E-state index in [1.807, 2.05) is 61.5 Å². The van der Waals surface area contributed by atoms with Gasteiger partial charge in [-0.1, -0.05) is 54.6 Å². The number of amides is 1.